The third kappa shape index (κ3) is 2.50. The predicted octanol–water partition coefficient (Wildman–Crippen LogP) is 3.41. The molecule has 0 fully saturated rings. The zero-order valence-electron chi connectivity index (χ0n) is 11.7. The summed E-state index contributed by atoms with van der Waals surface area (Å²) in [4.78, 5) is 11.1. The van der Waals surface area contributed by atoms with Crippen molar-refractivity contribution < 1.29 is 5.11 Å². The fourth-order valence-electron chi connectivity index (χ4n) is 2.58. The highest BCUT2D eigenvalue weighted by Gasteiger charge is 2.24. The molecule has 6 heteroatoms. The van der Waals surface area contributed by atoms with E-state index >= 15 is 0 Å². The largest absolute Gasteiger partial charge is 0.394 e. The summed E-state index contributed by atoms with van der Waals surface area (Å²) in [6.07, 6.45) is 4.65. The van der Waals surface area contributed by atoms with Crippen molar-refractivity contribution >= 4 is 39.0 Å². The van der Waals surface area contributed by atoms with E-state index in [4.69, 9.17) is 11.6 Å². The summed E-state index contributed by atoms with van der Waals surface area (Å²) in [5.41, 5.74) is 0.929. The summed E-state index contributed by atoms with van der Waals surface area (Å²) in [5, 5.41) is 14.1. The summed E-state index contributed by atoms with van der Waals surface area (Å²) in [6.45, 7) is 3.91. The molecule has 0 aliphatic heterocycles. The summed E-state index contributed by atoms with van der Waals surface area (Å²) in [6, 6.07) is 0. The van der Waals surface area contributed by atoms with Gasteiger partial charge in [0.2, 0.25) is 5.28 Å². The minimum absolute atomic E-state index is 0.0302. The first-order valence-electron chi connectivity index (χ1n) is 6.87. The van der Waals surface area contributed by atoms with Gasteiger partial charge in [-0.25, -0.2) is 9.97 Å². The zero-order valence-corrected chi connectivity index (χ0v) is 13.2. The van der Waals surface area contributed by atoms with Crippen LogP contribution in [0.3, 0.4) is 0 Å². The van der Waals surface area contributed by atoms with Crippen molar-refractivity contribution in [3.8, 4) is 0 Å². The first-order chi connectivity index (χ1) is 9.50. The van der Waals surface area contributed by atoms with Gasteiger partial charge >= 0.3 is 0 Å². The van der Waals surface area contributed by atoms with Crippen LogP contribution in [0.2, 0.25) is 5.28 Å². The van der Waals surface area contributed by atoms with Crippen molar-refractivity contribution in [1.29, 1.82) is 0 Å². The minimum atomic E-state index is -0.436. The maximum Gasteiger partial charge on any atom is 0.225 e. The number of hydrogen-bond acceptors (Lipinski definition) is 5. The number of hydrogen-bond donors (Lipinski definition) is 2. The number of aryl methyl sites for hydroxylation is 2. The molecule has 108 valence electrons. The van der Waals surface area contributed by atoms with Crippen LogP contribution in [-0.2, 0) is 12.8 Å². The van der Waals surface area contributed by atoms with E-state index in [2.05, 4.69) is 15.3 Å². The van der Waals surface area contributed by atoms with Gasteiger partial charge in [-0.3, -0.25) is 0 Å². The highest BCUT2D eigenvalue weighted by molar-refractivity contribution is 7.19. The van der Waals surface area contributed by atoms with Crippen molar-refractivity contribution in [1.82, 2.24) is 9.97 Å². The molecule has 1 aliphatic rings. The number of rotatable bonds is 3. The minimum Gasteiger partial charge on any atom is -0.394 e. The zero-order chi connectivity index (χ0) is 14.3. The number of aliphatic hydroxyl groups is 1. The Morgan fingerprint density at radius 2 is 2.05 bits per heavy atom. The van der Waals surface area contributed by atoms with Crippen LogP contribution in [0, 0.1) is 0 Å². The maximum absolute atomic E-state index is 9.45. The van der Waals surface area contributed by atoms with Crippen LogP contribution in [0.25, 0.3) is 10.2 Å². The van der Waals surface area contributed by atoms with Gasteiger partial charge in [-0.05, 0) is 56.7 Å². The molecule has 2 aromatic heterocycles. The first kappa shape index (κ1) is 14.0. The van der Waals surface area contributed by atoms with E-state index in [1.54, 1.807) is 11.3 Å². The molecule has 0 bridgehead atoms. The highest BCUT2D eigenvalue weighted by Crippen LogP contribution is 2.39. The third-order valence-corrected chi connectivity index (χ3v) is 4.99. The molecule has 0 radical (unpaired) electrons. The van der Waals surface area contributed by atoms with E-state index < -0.39 is 5.54 Å². The van der Waals surface area contributed by atoms with Crippen LogP contribution in [-0.4, -0.2) is 27.2 Å². The Morgan fingerprint density at radius 3 is 2.80 bits per heavy atom. The molecule has 0 aromatic carbocycles. The van der Waals surface area contributed by atoms with Gasteiger partial charge in [0.15, 0.2) is 0 Å². The van der Waals surface area contributed by atoms with Gasteiger partial charge < -0.3 is 10.4 Å². The molecule has 1 aliphatic carbocycles. The molecule has 0 saturated carbocycles. The standard InChI is InChI=1S/C14H18ClN3OS/c1-14(2,7-19)18-11-10-8-5-3-4-6-9(8)20-12(10)17-13(15)16-11/h19H,3-7H2,1-2H3,(H,16,17,18). The van der Waals surface area contributed by atoms with E-state index in [1.807, 2.05) is 13.8 Å². The van der Waals surface area contributed by atoms with Crippen LogP contribution >= 0.6 is 22.9 Å². The van der Waals surface area contributed by atoms with Gasteiger partial charge in [0.1, 0.15) is 10.6 Å². The summed E-state index contributed by atoms with van der Waals surface area (Å²) in [5.74, 6) is 0.749. The van der Waals surface area contributed by atoms with E-state index in [1.165, 1.54) is 23.3 Å². The molecule has 0 amide bonds. The molecular formula is C14H18ClN3OS. The molecule has 2 aromatic rings. The Hall–Kier alpha value is -0.910. The lowest BCUT2D eigenvalue weighted by Crippen LogP contribution is -2.35. The van der Waals surface area contributed by atoms with Gasteiger partial charge in [0.05, 0.1) is 17.5 Å². The van der Waals surface area contributed by atoms with Crippen molar-refractivity contribution in [2.45, 2.75) is 45.1 Å². The number of aliphatic hydroxyl groups excluding tert-OH is 1. The van der Waals surface area contributed by atoms with Crippen LogP contribution in [0.4, 0.5) is 5.82 Å². The Bertz CT molecular complexity index is 653. The average molecular weight is 312 g/mol. The lowest BCUT2D eigenvalue weighted by atomic mass is 9.96. The van der Waals surface area contributed by atoms with Crippen LogP contribution in [0.5, 0.6) is 0 Å². The van der Waals surface area contributed by atoms with Crippen molar-refractivity contribution in [2.24, 2.45) is 0 Å². The van der Waals surface area contributed by atoms with Crippen LogP contribution in [0.15, 0.2) is 0 Å². The predicted molar refractivity (Wildman–Crippen MR) is 83.9 cm³/mol. The van der Waals surface area contributed by atoms with Crippen LogP contribution in [0.1, 0.15) is 37.1 Å². The molecular weight excluding hydrogens is 294 g/mol. The quantitative estimate of drug-likeness (QED) is 0.853. The van der Waals surface area contributed by atoms with E-state index in [9.17, 15) is 5.11 Å². The molecule has 2 N–H and O–H groups in total. The molecule has 3 rings (SSSR count). The lowest BCUT2D eigenvalue weighted by Gasteiger charge is -2.25. The second-order valence-electron chi connectivity index (χ2n) is 5.90. The van der Waals surface area contributed by atoms with Gasteiger partial charge in [0.25, 0.3) is 0 Å². The maximum atomic E-state index is 9.45. The average Bonchev–Trinajstić information content (AvgIpc) is 2.76. The number of nitrogens with one attached hydrogen (secondary N) is 1. The van der Waals surface area contributed by atoms with Crippen molar-refractivity contribution in [3.05, 3.63) is 15.7 Å². The Labute approximate surface area is 127 Å². The summed E-state index contributed by atoms with van der Waals surface area (Å²) in [7, 11) is 0. The third-order valence-electron chi connectivity index (χ3n) is 3.64. The van der Waals surface area contributed by atoms with Gasteiger partial charge in [0, 0.05) is 4.88 Å². The van der Waals surface area contributed by atoms with E-state index in [0.29, 0.717) is 0 Å². The van der Waals surface area contributed by atoms with Crippen LogP contribution < -0.4 is 5.32 Å². The number of anilines is 1. The van der Waals surface area contributed by atoms with Crippen molar-refractivity contribution in [2.75, 3.05) is 11.9 Å². The Balaban J connectivity index is 2.17. The topological polar surface area (TPSA) is 58.0 Å². The fraction of sp³-hybridized carbons (Fsp3) is 0.571. The fourth-order valence-corrected chi connectivity index (χ4v) is 4.06. The number of thiophene rings is 1. The van der Waals surface area contributed by atoms with E-state index in [0.717, 1.165) is 28.9 Å². The molecule has 0 atom stereocenters. The molecule has 4 nitrogen and oxygen atoms in total. The highest BCUT2D eigenvalue weighted by atomic mass is 35.5. The number of aromatic nitrogens is 2. The van der Waals surface area contributed by atoms with Gasteiger partial charge in [-0.2, -0.15) is 0 Å². The lowest BCUT2D eigenvalue weighted by molar-refractivity contribution is 0.234. The molecule has 20 heavy (non-hydrogen) atoms. The second kappa shape index (κ2) is 5.13. The van der Waals surface area contributed by atoms with E-state index in [-0.39, 0.29) is 11.9 Å². The van der Waals surface area contributed by atoms with Gasteiger partial charge in [-0.15, -0.1) is 11.3 Å². The first-order valence-corrected chi connectivity index (χ1v) is 8.06. The monoisotopic (exact) mass is 311 g/mol. The number of fused-ring (bicyclic) bond motifs is 3. The summed E-state index contributed by atoms with van der Waals surface area (Å²) >= 11 is 7.77. The number of halogens is 1. The smallest absolute Gasteiger partial charge is 0.225 e. The van der Waals surface area contributed by atoms with Gasteiger partial charge in [-0.1, -0.05) is 0 Å². The second-order valence-corrected chi connectivity index (χ2v) is 7.32. The molecule has 0 saturated heterocycles. The molecule has 2 heterocycles. The Morgan fingerprint density at radius 1 is 1.30 bits per heavy atom. The van der Waals surface area contributed by atoms with Crippen molar-refractivity contribution in [3.63, 3.8) is 0 Å². The molecule has 0 unspecified atom stereocenters. The molecule has 0 spiro atoms. The summed E-state index contributed by atoms with van der Waals surface area (Å²) < 4.78 is 0. The Kier molecular flexibility index (Phi) is 3.60. The number of nitrogens with zero attached hydrogens (tertiary/aromatic N) is 2. The SMILES string of the molecule is CC(C)(CO)Nc1nc(Cl)nc2sc3c(c12)CCCC3. The normalized spacial score (nSPS) is 15.4.